The summed E-state index contributed by atoms with van der Waals surface area (Å²) in [6.45, 7) is 0. The molecule has 0 aliphatic rings. The van der Waals surface area contributed by atoms with Gasteiger partial charge in [0.2, 0.25) is 0 Å². The average molecular weight is 257 g/mol. The number of hydrogen-bond donors (Lipinski definition) is 1. The van der Waals surface area contributed by atoms with Crippen molar-refractivity contribution >= 4 is 23.4 Å². The Bertz CT molecular complexity index is 315. The van der Waals surface area contributed by atoms with Gasteiger partial charge < -0.3 is 5.11 Å². The first-order chi connectivity index (χ1) is 7.02. The molecule has 1 N–H and O–H groups in total. The molecule has 0 saturated carbocycles. The van der Waals surface area contributed by atoms with Crippen LogP contribution in [0.5, 0.6) is 5.75 Å². The van der Waals surface area contributed by atoms with E-state index in [1.165, 1.54) is 18.2 Å². The minimum atomic E-state index is -3.01. The van der Waals surface area contributed by atoms with Crippen molar-refractivity contribution in [3.8, 4) is 5.75 Å². The maximum absolute atomic E-state index is 12.6. The molecule has 1 nitrogen and oxygen atoms in total. The first-order valence-corrected chi connectivity index (χ1v) is 5.41. The monoisotopic (exact) mass is 256 g/mol. The molecule has 0 amide bonds. The number of thioether (sulfide) groups is 1. The smallest absolute Gasteiger partial charge is 0.270 e. The summed E-state index contributed by atoms with van der Waals surface area (Å²) in [6, 6.07) is 4.38. The number of benzene rings is 1. The van der Waals surface area contributed by atoms with E-state index in [2.05, 4.69) is 0 Å². The molecule has 0 saturated heterocycles. The first-order valence-electron chi connectivity index (χ1n) is 4.05. The Morgan fingerprint density at radius 2 is 2.00 bits per heavy atom. The maximum Gasteiger partial charge on any atom is 0.270 e. The largest absolute Gasteiger partial charge is 0.507 e. The molecule has 0 bridgehead atoms. The summed E-state index contributed by atoms with van der Waals surface area (Å²) in [6.07, 6.45) is -5.23. The third-order valence-electron chi connectivity index (χ3n) is 1.61. The topological polar surface area (TPSA) is 20.2 Å². The van der Waals surface area contributed by atoms with Crippen LogP contribution in [0.4, 0.5) is 13.2 Å². The van der Waals surface area contributed by atoms with Crippen molar-refractivity contribution in [3.63, 3.8) is 0 Å². The normalized spacial score (nSPS) is 13.1. The van der Waals surface area contributed by atoms with Crippen LogP contribution in [0.1, 0.15) is 0 Å². The molecule has 1 aromatic carbocycles. The molecule has 0 spiro atoms. The van der Waals surface area contributed by atoms with E-state index in [1.807, 2.05) is 0 Å². The van der Waals surface area contributed by atoms with Crippen molar-refractivity contribution in [2.24, 2.45) is 0 Å². The molecule has 15 heavy (non-hydrogen) atoms. The van der Waals surface area contributed by atoms with Gasteiger partial charge >= 0.3 is 0 Å². The van der Waals surface area contributed by atoms with E-state index in [0.717, 1.165) is 11.8 Å². The molecule has 1 rings (SSSR count). The molecule has 0 aliphatic carbocycles. The average Bonchev–Trinajstić information content (AvgIpc) is 2.16. The van der Waals surface area contributed by atoms with Gasteiger partial charge in [0.05, 0.1) is 9.92 Å². The van der Waals surface area contributed by atoms with Gasteiger partial charge in [-0.05, 0) is 12.1 Å². The quantitative estimate of drug-likeness (QED) is 0.828. The molecule has 1 aromatic rings. The van der Waals surface area contributed by atoms with Crippen molar-refractivity contribution < 1.29 is 18.3 Å². The lowest BCUT2D eigenvalue weighted by atomic mass is 10.3. The highest BCUT2D eigenvalue weighted by atomic mass is 35.5. The lowest BCUT2D eigenvalue weighted by Gasteiger charge is -2.08. The van der Waals surface area contributed by atoms with Crippen molar-refractivity contribution in [2.45, 2.75) is 17.5 Å². The molecule has 0 heterocycles. The number of halogens is 4. The molecule has 1 unspecified atom stereocenters. The van der Waals surface area contributed by atoms with Gasteiger partial charge in [0.1, 0.15) is 5.75 Å². The first kappa shape index (κ1) is 12.5. The second-order valence-corrected chi connectivity index (χ2v) is 4.19. The van der Waals surface area contributed by atoms with Crippen LogP contribution in [-0.4, -0.2) is 23.5 Å². The van der Waals surface area contributed by atoms with E-state index in [9.17, 15) is 18.3 Å². The highest BCUT2D eigenvalue weighted by Gasteiger charge is 2.20. The third-order valence-corrected chi connectivity index (χ3v) is 3.24. The molecular formula is C9H8ClF3OS. The lowest BCUT2D eigenvalue weighted by molar-refractivity contribution is 0.0628. The summed E-state index contributed by atoms with van der Waals surface area (Å²) in [4.78, 5) is 0.225. The number of rotatable bonds is 4. The van der Waals surface area contributed by atoms with Gasteiger partial charge in [-0.3, -0.25) is 0 Å². The molecule has 0 radical (unpaired) electrons. The maximum atomic E-state index is 12.6. The van der Waals surface area contributed by atoms with Crippen LogP contribution in [-0.2, 0) is 0 Å². The molecule has 1 atom stereocenters. The van der Waals surface area contributed by atoms with E-state index in [-0.39, 0.29) is 15.7 Å². The highest BCUT2D eigenvalue weighted by Crippen LogP contribution is 2.35. The summed E-state index contributed by atoms with van der Waals surface area (Å²) in [5, 5.41) is 9.55. The Labute approximate surface area is 94.2 Å². The summed E-state index contributed by atoms with van der Waals surface area (Å²) in [5.74, 6) is -0.566. The Morgan fingerprint density at radius 1 is 1.33 bits per heavy atom. The molecule has 0 aromatic heterocycles. The number of phenols is 1. The van der Waals surface area contributed by atoms with Gasteiger partial charge in [-0.2, -0.15) is 0 Å². The van der Waals surface area contributed by atoms with Crippen LogP contribution in [0.2, 0.25) is 5.02 Å². The van der Waals surface area contributed by atoms with Crippen molar-refractivity contribution in [2.75, 3.05) is 5.75 Å². The summed E-state index contributed by atoms with van der Waals surface area (Å²) in [5.41, 5.74) is 0. The Morgan fingerprint density at radius 3 is 2.53 bits per heavy atom. The minimum Gasteiger partial charge on any atom is -0.507 e. The standard InChI is InChI=1S/C9H8ClF3OS/c10-5-2-1-3-7(14)8(5)15-4-6(11)9(12)13/h1-3,6,9,14H,4H2. The number of aromatic hydroxyl groups is 1. The van der Waals surface area contributed by atoms with Crippen LogP contribution in [0, 0.1) is 0 Å². The fourth-order valence-corrected chi connectivity index (χ4v) is 2.10. The van der Waals surface area contributed by atoms with Crippen molar-refractivity contribution in [3.05, 3.63) is 23.2 Å². The van der Waals surface area contributed by atoms with Gasteiger partial charge in [0.25, 0.3) is 6.43 Å². The van der Waals surface area contributed by atoms with Crippen molar-refractivity contribution in [1.82, 2.24) is 0 Å². The van der Waals surface area contributed by atoms with E-state index in [4.69, 9.17) is 11.6 Å². The van der Waals surface area contributed by atoms with E-state index in [0.29, 0.717) is 0 Å². The predicted molar refractivity (Wildman–Crippen MR) is 54.7 cm³/mol. The second-order valence-electron chi connectivity index (χ2n) is 2.75. The lowest BCUT2D eigenvalue weighted by Crippen LogP contribution is -2.14. The van der Waals surface area contributed by atoms with Crippen molar-refractivity contribution in [1.29, 1.82) is 0 Å². The van der Waals surface area contributed by atoms with Crippen LogP contribution in [0.3, 0.4) is 0 Å². The SMILES string of the molecule is Oc1cccc(Cl)c1SCC(F)C(F)F. The Kier molecular flexibility index (Phi) is 4.60. The van der Waals surface area contributed by atoms with E-state index >= 15 is 0 Å². The predicted octanol–water partition coefficient (Wildman–Crippen LogP) is 3.74. The minimum absolute atomic E-state index is 0.131. The molecule has 84 valence electrons. The van der Waals surface area contributed by atoms with Crippen LogP contribution in [0.15, 0.2) is 23.1 Å². The summed E-state index contributed by atoms with van der Waals surface area (Å²) in [7, 11) is 0. The zero-order chi connectivity index (χ0) is 11.4. The summed E-state index contributed by atoms with van der Waals surface area (Å²) >= 11 is 6.47. The van der Waals surface area contributed by atoms with Gasteiger partial charge in [0.15, 0.2) is 6.17 Å². The van der Waals surface area contributed by atoms with E-state index in [1.54, 1.807) is 0 Å². The second kappa shape index (κ2) is 5.51. The van der Waals surface area contributed by atoms with Crippen LogP contribution in [0.25, 0.3) is 0 Å². The van der Waals surface area contributed by atoms with Gasteiger partial charge in [0, 0.05) is 5.75 Å². The Balaban J connectivity index is 2.65. The fraction of sp³-hybridized carbons (Fsp3) is 0.333. The zero-order valence-corrected chi connectivity index (χ0v) is 9.03. The Hall–Kier alpha value is -0.550. The number of alkyl halides is 3. The number of hydrogen-bond acceptors (Lipinski definition) is 2. The van der Waals surface area contributed by atoms with Crippen LogP contribution >= 0.6 is 23.4 Å². The molecule has 0 aliphatic heterocycles. The van der Waals surface area contributed by atoms with Gasteiger partial charge in [-0.15, -0.1) is 11.8 Å². The third kappa shape index (κ3) is 3.50. The summed E-state index contributed by atoms with van der Waals surface area (Å²) < 4.78 is 36.3. The fourth-order valence-electron chi connectivity index (χ4n) is 0.876. The molecular weight excluding hydrogens is 249 g/mol. The van der Waals surface area contributed by atoms with Crippen LogP contribution < -0.4 is 0 Å². The van der Waals surface area contributed by atoms with E-state index < -0.39 is 18.3 Å². The number of phenolic OH excluding ortho intramolecular Hbond substituents is 1. The van der Waals surface area contributed by atoms with Gasteiger partial charge in [-0.1, -0.05) is 17.7 Å². The highest BCUT2D eigenvalue weighted by molar-refractivity contribution is 7.99. The zero-order valence-electron chi connectivity index (χ0n) is 7.46. The molecule has 6 heteroatoms. The molecule has 0 fully saturated rings. The van der Waals surface area contributed by atoms with Gasteiger partial charge in [-0.25, -0.2) is 13.2 Å².